The highest BCUT2D eigenvalue weighted by atomic mass is 16.5. The number of fused-ring (bicyclic) bond motifs is 1. The number of ether oxygens (including phenoxy) is 2. The van der Waals surface area contributed by atoms with E-state index >= 15 is 0 Å². The van der Waals surface area contributed by atoms with Gasteiger partial charge in [-0.25, -0.2) is 5.43 Å². The molecule has 6 heteroatoms. The maximum Gasteiger partial charge on any atom is 0.271 e. The zero-order chi connectivity index (χ0) is 19.1. The number of amides is 1. The van der Waals surface area contributed by atoms with Gasteiger partial charge in [0.25, 0.3) is 5.91 Å². The number of nitrogens with one attached hydrogen (secondary N) is 1. The van der Waals surface area contributed by atoms with E-state index in [0.717, 1.165) is 16.3 Å². The molecule has 0 fully saturated rings. The minimum Gasteiger partial charge on any atom is -0.493 e. The number of benzene rings is 3. The molecule has 1 N–H and O–H groups in total. The van der Waals surface area contributed by atoms with Crippen LogP contribution in [0.25, 0.3) is 10.8 Å². The maximum absolute atomic E-state index is 12.4. The van der Waals surface area contributed by atoms with Crippen LogP contribution < -0.4 is 14.9 Å². The van der Waals surface area contributed by atoms with Gasteiger partial charge in [0.2, 0.25) is 0 Å². The van der Waals surface area contributed by atoms with Crippen molar-refractivity contribution in [3.63, 3.8) is 0 Å². The van der Waals surface area contributed by atoms with E-state index in [9.17, 15) is 4.79 Å². The van der Waals surface area contributed by atoms with E-state index in [4.69, 9.17) is 14.7 Å². The Kier molecular flexibility index (Phi) is 5.65. The van der Waals surface area contributed by atoms with Gasteiger partial charge < -0.3 is 9.47 Å². The molecule has 0 aromatic heterocycles. The van der Waals surface area contributed by atoms with Crippen LogP contribution in [0.5, 0.6) is 11.5 Å². The Morgan fingerprint density at radius 3 is 2.78 bits per heavy atom. The SMILES string of the molecule is COc1cc(/C=N\NC(=O)c2cccc3ccccc23)ccc1OCC#N. The van der Waals surface area contributed by atoms with Crippen LogP contribution in [0.1, 0.15) is 15.9 Å². The van der Waals surface area contributed by atoms with Crippen molar-refractivity contribution in [3.05, 3.63) is 71.8 Å². The Hall–Kier alpha value is -3.85. The quantitative estimate of drug-likeness (QED) is 0.539. The zero-order valence-corrected chi connectivity index (χ0v) is 14.7. The lowest BCUT2D eigenvalue weighted by molar-refractivity contribution is 0.0957. The van der Waals surface area contributed by atoms with E-state index in [1.54, 1.807) is 24.3 Å². The molecule has 134 valence electrons. The molecule has 0 aliphatic carbocycles. The molecule has 3 rings (SSSR count). The number of hydrogen-bond donors (Lipinski definition) is 1. The lowest BCUT2D eigenvalue weighted by atomic mass is 10.0. The first-order valence-corrected chi connectivity index (χ1v) is 8.22. The summed E-state index contributed by atoms with van der Waals surface area (Å²) in [6.07, 6.45) is 1.51. The summed E-state index contributed by atoms with van der Waals surface area (Å²) in [7, 11) is 1.51. The van der Waals surface area contributed by atoms with Gasteiger partial charge in [-0.1, -0.05) is 36.4 Å². The minimum absolute atomic E-state index is 0.0646. The highest BCUT2D eigenvalue weighted by molar-refractivity contribution is 6.07. The second-order valence-electron chi connectivity index (χ2n) is 5.58. The van der Waals surface area contributed by atoms with E-state index in [1.807, 2.05) is 42.5 Å². The molecule has 27 heavy (non-hydrogen) atoms. The largest absolute Gasteiger partial charge is 0.493 e. The molecule has 3 aromatic carbocycles. The molecular weight excluding hydrogens is 342 g/mol. The topological polar surface area (TPSA) is 83.7 Å². The van der Waals surface area contributed by atoms with Crippen LogP contribution >= 0.6 is 0 Å². The fourth-order valence-corrected chi connectivity index (χ4v) is 2.64. The Morgan fingerprint density at radius 1 is 1.15 bits per heavy atom. The van der Waals surface area contributed by atoms with Gasteiger partial charge in [-0.3, -0.25) is 4.79 Å². The zero-order valence-electron chi connectivity index (χ0n) is 14.7. The van der Waals surface area contributed by atoms with Gasteiger partial charge in [0.15, 0.2) is 18.1 Å². The molecule has 0 aliphatic rings. The third-order valence-corrected chi connectivity index (χ3v) is 3.89. The number of methoxy groups -OCH3 is 1. The molecule has 0 atom stereocenters. The van der Waals surface area contributed by atoms with Crippen LogP contribution in [0, 0.1) is 11.3 Å². The van der Waals surface area contributed by atoms with E-state index in [-0.39, 0.29) is 12.5 Å². The fourth-order valence-electron chi connectivity index (χ4n) is 2.64. The van der Waals surface area contributed by atoms with E-state index in [0.29, 0.717) is 17.1 Å². The summed E-state index contributed by atoms with van der Waals surface area (Å²) in [5.74, 6) is 0.662. The second-order valence-corrected chi connectivity index (χ2v) is 5.58. The highest BCUT2D eigenvalue weighted by Gasteiger charge is 2.09. The molecule has 0 spiro atoms. The maximum atomic E-state index is 12.4. The van der Waals surface area contributed by atoms with Crippen molar-refractivity contribution < 1.29 is 14.3 Å². The smallest absolute Gasteiger partial charge is 0.271 e. The van der Waals surface area contributed by atoms with Gasteiger partial charge in [-0.05, 0) is 40.6 Å². The van der Waals surface area contributed by atoms with Crippen LogP contribution in [0.4, 0.5) is 0 Å². The molecule has 1 amide bonds. The van der Waals surface area contributed by atoms with E-state index in [2.05, 4.69) is 10.5 Å². The molecule has 0 bridgehead atoms. The molecular formula is C21H17N3O3. The standard InChI is InChI=1S/C21H17N3O3/c1-26-20-13-15(9-10-19(20)27-12-11-22)14-23-24-21(25)18-8-4-6-16-5-2-3-7-17(16)18/h2-10,13-14H,12H2,1H3,(H,24,25)/b23-14-. The van der Waals surface area contributed by atoms with Crippen LogP contribution in [0.2, 0.25) is 0 Å². The van der Waals surface area contributed by atoms with E-state index in [1.165, 1.54) is 13.3 Å². The van der Waals surface area contributed by atoms with E-state index < -0.39 is 0 Å². The highest BCUT2D eigenvalue weighted by Crippen LogP contribution is 2.27. The third-order valence-electron chi connectivity index (χ3n) is 3.89. The molecule has 3 aromatic rings. The predicted molar refractivity (Wildman–Crippen MR) is 103 cm³/mol. The average molecular weight is 359 g/mol. The minimum atomic E-state index is -0.288. The second kappa shape index (κ2) is 8.50. The summed E-state index contributed by atoms with van der Waals surface area (Å²) in [6, 6.07) is 20.3. The Balaban J connectivity index is 1.73. The molecule has 0 saturated heterocycles. The fraction of sp³-hybridized carbons (Fsp3) is 0.0952. The first-order chi connectivity index (χ1) is 13.2. The molecule has 0 heterocycles. The molecule has 0 radical (unpaired) electrons. The number of hydrogen-bond acceptors (Lipinski definition) is 5. The van der Waals surface area contributed by atoms with Crippen molar-refractivity contribution >= 4 is 22.9 Å². The first-order valence-electron chi connectivity index (χ1n) is 8.22. The number of nitrogens with zero attached hydrogens (tertiary/aromatic N) is 2. The average Bonchev–Trinajstić information content (AvgIpc) is 2.72. The normalized spacial score (nSPS) is 10.5. The number of nitriles is 1. The lowest BCUT2D eigenvalue weighted by Gasteiger charge is -2.08. The number of rotatable bonds is 6. The summed E-state index contributed by atoms with van der Waals surface area (Å²) in [4.78, 5) is 12.4. The van der Waals surface area contributed by atoms with Crippen molar-refractivity contribution in [1.82, 2.24) is 5.43 Å². The summed E-state index contributed by atoms with van der Waals surface area (Å²) in [6.45, 7) is -0.0646. The van der Waals surface area contributed by atoms with Crippen LogP contribution in [-0.2, 0) is 0 Å². The summed E-state index contributed by atoms with van der Waals surface area (Å²) >= 11 is 0. The van der Waals surface area contributed by atoms with Crippen molar-refractivity contribution in [2.75, 3.05) is 13.7 Å². The Labute approximate surface area is 156 Å². The number of carbonyl (C=O) groups is 1. The summed E-state index contributed by atoms with van der Waals surface area (Å²) in [5, 5.41) is 14.5. The lowest BCUT2D eigenvalue weighted by Crippen LogP contribution is -2.17. The van der Waals surface area contributed by atoms with Crippen molar-refractivity contribution in [2.24, 2.45) is 5.10 Å². The van der Waals surface area contributed by atoms with Crippen molar-refractivity contribution in [2.45, 2.75) is 0 Å². The van der Waals surface area contributed by atoms with Gasteiger partial charge in [0, 0.05) is 5.56 Å². The van der Waals surface area contributed by atoms with Gasteiger partial charge >= 0.3 is 0 Å². The third kappa shape index (κ3) is 4.22. The number of hydrazone groups is 1. The molecule has 0 unspecified atom stereocenters. The van der Waals surface area contributed by atoms with Crippen LogP contribution in [0.3, 0.4) is 0 Å². The first kappa shape index (κ1) is 18.0. The van der Waals surface area contributed by atoms with Gasteiger partial charge in [0.1, 0.15) is 6.07 Å². The Morgan fingerprint density at radius 2 is 1.96 bits per heavy atom. The van der Waals surface area contributed by atoms with Crippen molar-refractivity contribution in [1.29, 1.82) is 5.26 Å². The molecule has 6 nitrogen and oxygen atoms in total. The molecule has 0 aliphatic heterocycles. The summed E-state index contributed by atoms with van der Waals surface area (Å²) < 4.78 is 10.5. The van der Waals surface area contributed by atoms with Gasteiger partial charge in [-0.15, -0.1) is 0 Å². The van der Waals surface area contributed by atoms with Gasteiger partial charge in [0.05, 0.1) is 13.3 Å². The molecule has 0 saturated carbocycles. The Bertz CT molecular complexity index is 1030. The van der Waals surface area contributed by atoms with Crippen LogP contribution in [0.15, 0.2) is 65.8 Å². The predicted octanol–water partition coefficient (Wildman–Crippen LogP) is 3.51. The van der Waals surface area contributed by atoms with Crippen molar-refractivity contribution in [3.8, 4) is 17.6 Å². The monoisotopic (exact) mass is 359 g/mol. The summed E-state index contributed by atoms with van der Waals surface area (Å²) in [5.41, 5.74) is 3.82. The number of carbonyl (C=O) groups excluding carboxylic acids is 1. The van der Waals surface area contributed by atoms with Gasteiger partial charge in [-0.2, -0.15) is 10.4 Å². The van der Waals surface area contributed by atoms with Crippen LogP contribution in [-0.4, -0.2) is 25.8 Å².